The highest BCUT2D eigenvalue weighted by Crippen LogP contribution is 2.75. The van der Waals surface area contributed by atoms with Crippen molar-refractivity contribution in [2.24, 2.45) is 17.3 Å². The molecule has 0 radical (unpaired) electrons. The average Bonchev–Trinajstić information content (AvgIpc) is 3.46. The van der Waals surface area contributed by atoms with E-state index in [0.717, 1.165) is 43.2 Å². The van der Waals surface area contributed by atoms with E-state index in [1.807, 2.05) is 26.0 Å². The summed E-state index contributed by atoms with van der Waals surface area (Å²) in [6, 6.07) is 4.65. The number of nitrogens with zero attached hydrogens (tertiary/aromatic N) is 1. The molecule has 166 valence electrons. The van der Waals surface area contributed by atoms with Gasteiger partial charge in [0, 0.05) is 29.5 Å². The van der Waals surface area contributed by atoms with Crippen molar-refractivity contribution in [3.8, 4) is 11.5 Å². The van der Waals surface area contributed by atoms with Gasteiger partial charge in [0.05, 0.1) is 18.1 Å². The third kappa shape index (κ3) is 2.01. The van der Waals surface area contributed by atoms with Gasteiger partial charge >= 0.3 is 0 Å². The second kappa shape index (κ2) is 5.49. The number of hydrogen-bond donors (Lipinski definition) is 2. The van der Waals surface area contributed by atoms with E-state index in [9.17, 15) is 10.2 Å². The Kier molecular flexibility index (Phi) is 3.36. The van der Waals surface area contributed by atoms with Crippen LogP contribution in [0.1, 0.15) is 50.7 Å². The molecule has 2 N–H and O–H groups in total. The fraction of sp³-hybridized carbons (Fsp3) is 0.692. The molecule has 3 fully saturated rings. The van der Waals surface area contributed by atoms with Crippen LogP contribution >= 0.6 is 0 Å². The molecule has 2 aliphatic heterocycles. The van der Waals surface area contributed by atoms with Gasteiger partial charge in [-0.05, 0) is 70.0 Å². The van der Waals surface area contributed by atoms with Gasteiger partial charge in [-0.1, -0.05) is 18.2 Å². The Morgan fingerprint density at radius 1 is 1.26 bits per heavy atom. The second-order valence-corrected chi connectivity index (χ2v) is 11.7. The van der Waals surface area contributed by atoms with Crippen LogP contribution in [0.25, 0.3) is 0 Å². The van der Waals surface area contributed by atoms with E-state index in [-0.39, 0.29) is 22.9 Å². The fourth-order valence-electron chi connectivity index (χ4n) is 8.45. The first-order valence-corrected chi connectivity index (χ1v) is 12.0. The molecule has 2 saturated carbocycles. The highest BCUT2D eigenvalue weighted by molar-refractivity contribution is 5.65. The van der Waals surface area contributed by atoms with Crippen molar-refractivity contribution in [2.75, 3.05) is 20.2 Å². The summed E-state index contributed by atoms with van der Waals surface area (Å²) in [7, 11) is 1.70. The topological polar surface area (TPSA) is 62.2 Å². The molecule has 8 rings (SSSR count). The number of ether oxygens (including phenoxy) is 2. The Hall–Kier alpha value is -1.56. The normalized spacial score (nSPS) is 44.2. The van der Waals surface area contributed by atoms with E-state index in [2.05, 4.69) is 17.0 Å². The Morgan fingerprint density at radius 2 is 2.06 bits per heavy atom. The first-order chi connectivity index (χ1) is 14.7. The van der Waals surface area contributed by atoms with E-state index in [1.54, 1.807) is 7.11 Å². The Labute approximate surface area is 184 Å². The summed E-state index contributed by atoms with van der Waals surface area (Å²) >= 11 is 0. The Bertz CT molecular complexity index is 1010. The number of likely N-dealkylation sites (tertiary alicyclic amines) is 1. The maximum Gasteiger partial charge on any atom is 0.166 e. The van der Waals surface area contributed by atoms with Gasteiger partial charge in [-0.3, -0.25) is 4.90 Å². The first-order valence-electron chi connectivity index (χ1n) is 12.0. The van der Waals surface area contributed by atoms with E-state index >= 15 is 0 Å². The molecule has 1 saturated heterocycles. The van der Waals surface area contributed by atoms with Crippen LogP contribution in [0.3, 0.4) is 0 Å². The zero-order valence-corrected chi connectivity index (χ0v) is 18.7. The Balaban J connectivity index is 1.50. The van der Waals surface area contributed by atoms with Crippen molar-refractivity contribution in [2.45, 2.75) is 74.7 Å². The molecule has 31 heavy (non-hydrogen) atoms. The summed E-state index contributed by atoms with van der Waals surface area (Å²) in [5, 5.41) is 23.3. The molecule has 4 bridgehead atoms. The van der Waals surface area contributed by atoms with Crippen molar-refractivity contribution >= 4 is 0 Å². The van der Waals surface area contributed by atoms with Gasteiger partial charge in [-0.2, -0.15) is 0 Å². The van der Waals surface area contributed by atoms with Gasteiger partial charge in [0.25, 0.3) is 0 Å². The summed E-state index contributed by atoms with van der Waals surface area (Å²) in [4.78, 5) is 2.74. The molecule has 0 amide bonds. The number of methoxy groups -OCH3 is 1. The number of hydrogen-bond acceptors (Lipinski definition) is 5. The lowest BCUT2D eigenvalue weighted by atomic mass is 9.36. The zero-order chi connectivity index (χ0) is 21.4. The van der Waals surface area contributed by atoms with E-state index in [4.69, 9.17) is 9.47 Å². The summed E-state index contributed by atoms with van der Waals surface area (Å²) < 4.78 is 12.5. The number of aliphatic hydroxyl groups is 2. The lowest BCUT2D eigenvalue weighted by molar-refractivity contribution is -0.236. The summed E-state index contributed by atoms with van der Waals surface area (Å²) in [6.45, 7) is 5.93. The predicted molar refractivity (Wildman–Crippen MR) is 116 cm³/mol. The van der Waals surface area contributed by atoms with Crippen molar-refractivity contribution < 1.29 is 19.7 Å². The van der Waals surface area contributed by atoms with Gasteiger partial charge < -0.3 is 19.7 Å². The molecule has 5 aliphatic carbocycles. The predicted octanol–water partition coefficient (Wildman–Crippen LogP) is 2.81. The van der Waals surface area contributed by atoms with Gasteiger partial charge in [-0.15, -0.1) is 0 Å². The molecule has 6 atom stereocenters. The lowest BCUT2D eigenvalue weighted by Gasteiger charge is -2.71. The third-order valence-electron chi connectivity index (χ3n) is 9.84. The Morgan fingerprint density at radius 3 is 2.77 bits per heavy atom. The van der Waals surface area contributed by atoms with Crippen LogP contribution in [0.2, 0.25) is 0 Å². The molecule has 7 aliphatic rings. The molecule has 5 heteroatoms. The van der Waals surface area contributed by atoms with Crippen molar-refractivity contribution in [1.29, 1.82) is 0 Å². The highest BCUT2D eigenvalue weighted by Gasteiger charge is 2.79. The monoisotopic (exact) mass is 423 g/mol. The quantitative estimate of drug-likeness (QED) is 0.730. The van der Waals surface area contributed by atoms with Gasteiger partial charge in [-0.25, -0.2) is 0 Å². The first kappa shape index (κ1) is 19.0. The van der Waals surface area contributed by atoms with Crippen molar-refractivity contribution in [3.63, 3.8) is 0 Å². The minimum absolute atomic E-state index is 0.134. The SMILES string of the molecule is COc1ccc2c3c1O[C@H]1[C@@]4(O)C=CC5(C[C@@H]4C(C)(C)O)[C@@H](C2)N(CC2CC2)CC[C@]315. The van der Waals surface area contributed by atoms with Gasteiger partial charge in [0.15, 0.2) is 11.5 Å². The van der Waals surface area contributed by atoms with E-state index in [0.29, 0.717) is 6.04 Å². The molecular weight excluding hydrogens is 390 g/mol. The average molecular weight is 424 g/mol. The fourth-order valence-corrected chi connectivity index (χ4v) is 8.45. The molecule has 0 aromatic heterocycles. The second-order valence-electron chi connectivity index (χ2n) is 11.7. The summed E-state index contributed by atoms with van der Waals surface area (Å²) in [5.74, 6) is 2.17. The highest BCUT2D eigenvalue weighted by atomic mass is 16.5. The maximum atomic E-state index is 12.2. The van der Waals surface area contributed by atoms with Gasteiger partial charge in [0.2, 0.25) is 0 Å². The molecule has 2 heterocycles. The molecular formula is C26H33NO4. The van der Waals surface area contributed by atoms with Crippen LogP contribution in [0.5, 0.6) is 11.5 Å². The van der Waals surface area contributed by atoms with Crippen LogP contribution < -0.4 is 9.47 Å². The smallest absolute Gasteiger partial charge is 0.166 e. The molecule has 1 aromatic carbocycles. The minimum atomic E-state index is -1.19. The van der Waals surface area contributed by atoms with Crippen LogP contribution in [0.15, 0.2) is 24.3 Å². The molecule has 1 unspecified atom stereocenters. The number of fused-ring (bicyclic) bond motifs is 1. The van der Waals surface area contributed by atoms with Crippen molar-refractivity contribution in [3.05, 3.63) is 35.4 Å². The van der Waals surface area contributed by atoms with Gasteiger partial charge in [0.1, 0.15) is 11.7 Å². The largest absolute Gasteiger partial charge is 0.493 e. The van der Waals surface area contributed by atoms with E-state index in [1.165, 1.54) is 30.5 Å². The zero-order valence-electron chi connectivity index (χ0n) is 18.7. The number of piperidine rings is 1. The minimum Gasteiger partial charge on any atom is -0.493 e. The standard InChI is InChI=1S/C26H33NO4/c1-23(2,28)18-13-24-8-9-26(18,29)22-25(24)10-11-27(14-15-4-5-15)19(24)12-16-6-7-17(30-3)21(31-22)20(16)25/h6-9,15,18-19,22,28-29H,4-5,10-14H2,1-3H3/t18-,19-,22-,24?,25+,26-/m1/s1. The molecule has 1 aromatic rings. The number of rotatable bonds is 4. The van der Waals surface area contributed by atoms with Crippen LogP contribution in [0.4, 0.5) is 0 Å². The molecule has 2 spiro atoms. The molecule has 5 nitrogen and oxygen atoms in total. The summed E-state index contributed by atoms with van der Waals surface area (Å²) in [6.07, 6.45) is 9.45. The van der Waals surface area contributed by atoms with Crippen LogP contribution in [0, 0.1) is 17.3 Å². The summed E-state index contributed by atoms with van der Waals surface area (Å²) in [5.41, 5.74) is 0.0777. The van der Waals surface area contributed by atoms with E-state index < -0.39 is 11.2 Å². The lowest BCUT2D eigenvalue weighted by Crippen LogP contribution is -2.80. The number of benzene rings is 1. The van der Waals surface area contributed by atoms with Crippen LogP contribution in [-0.2, 0) is 11.8 Å². The third-order valence-corrected chi connectivity index (χ3v) is 9.84. The van der Waals surface area contributed by atoms with Crippen molar-refractivity contribution in [1.82, 2.24) is 4.90 Å². The van der Waals surface area contributed by atoms with Crippen LogP contribution in [-0.4, -0.2) is 58.7 Å². The maximum absolute atomic E-state index is 12.2.